The number of nitrogens with one attached hydrogen (secondary N) is 1. The topological polar surface area (TPSA) is 126 Å². The van der Waals surface area contributed by atoms with E-state index in [9.17, 15) is 14.7 Å². The van der Waals surface area contributed by atoms with E-state index in [0.29, 0.717) is 30.1 Å². The van der Waals surface area contributed by atoms with Crippen LogP contribution in [-0.4, -0.2) is 49.5 Å². The van der Waals surface area contributed by atoms with Crippen LogP contribution in [0.4, 0.5) is 5.82 Å². The number of aryl methyl sites for hydroxylation is 1. The summed E-state index contributed by atoms with van der Waals surface area (Å²) < 4.78 is 1.77. The summed E-state index contributed by atoms with van der Waals surface area (Å²) in [4.78, 5) is 31.2. The third kappa shape index (κ3) is 5.20. The number of anilines is 1. The lowest BCUT2D eigenvalue weighted by atomic mass is 9.97. The second kappa shape index (κ2) is 8.92. The van der Waals surface area contributed by atoms with E-state index in [1.54, 1.807) is 42.6 Å². The maximum atomic E-state index is 12.8. The Morgan fingerprint density at radius 1 is 1.24 bits per heavy atom. The Labute approximate surface area is 192 Å². The molecule has 0 saturated carbocycles. The van der Waals surface area contributed by atoms with Gasteiger partial charge in [-0.05, 0) is 57.9 Å². The van der Waals surface area contributed by atoms with Crippen molar-refractivity contribution in [3.63, 3.8) is 0 Å². The molecule has 9 heteroatoms. The molecular weight excluding hydrogens is 420 g/mol. The highest BCUT2D eigenvalue weighted by Crippen LogP contribution is 2.22. The van der Waals surface area contributed by atoms with Crippen molar-refractivity contribution >= 4 is 23.3 Å². The number of nitrogens with zero attached hydrogens (tertiary/aromatic N) is 4. The SMILES string of the molecule is Cc1cc2nc(NC(=O)c3ccc(C(C)(C)O)cc3)cc(CN3CCCC(C(N)=O)C3)n2n1. The number of primary amides is 1. The van der Waals surface area contributed by atoms with Crippen LogP contribution >= 0.6 is 0 Å². The van der Waals surface area contributed by atoms with E-state index in [2.05, 4.69) is 20.3 Å². The van der Waals surface area contributed by atoms with E-state index in [1.165, 1.54) is 0 Å². The summed E-state index contributed by atoms with van der Waals surface area (Å²) in [5.74, 6) is -0.278. The van der Waals surface area contributed by atoms with Crippen LogP contribution in [0.1, 0.15) is 54.0 Å². The molecule has 174 valence electrons. The number of carbonyl (C=O) groups is 2. The van der Waals surface area contributed by atoms with Gasteiger partial charge in [0, 0.05) is 30.8 Å². The first kappa shape index (κ1) is 22.9. The number of aliphatic hydroxyl groups is 1. The third-order valence-corrected chi connectivity index (χ3v) is 6.01. The van der Waals surface area contributed by atoms with Gasteiger partial charge in [-0.3, -0.25) is 14.5 Å². The standard InChI is InChI=1S/C24H30N6O3/c1-15-11-21-26-20(27-23(32)16-6-8-18(9-7-16)24(2,3)33)12-19(30(21)28-15)14-29-10-4-5-17(13-29)22(25)31/h6-9,11-12,17,33H,4-5,10,13-14H2,1-3H3,(H2,25,31)(H,26,27,32). The van der Waals surface area contributed by atoms with Crippen LogP contribution in [0.5, 0.6) is 0 Å². The van der Waals surface area contributed by atoms with E-state index >= 15 is 0 Å². The maximum Gasteiger partial charge on any atom is 0.256 e. The second-order valence-corrected chi connectivity index (χ2v) is 9.26. The van der Waals surface area contributed by atoms with Crippen molar-refractivity contribution in [3.8, 4) is 0 Å². The van der Waals surface area contributed by atoms with E-state index < -0.39 is 5.60 Å². The first-order valence-electron chi connectivity index (χ1n) is 11.1. The molecule has 1 saturated heterocycles. The summed E-state index contributed by atoms with van der Waals surface area (Å²) in [6.07, 6.45) is 1.72. The first-order valence-corrected chi connectivity index (χ1v) is 11.1. The number of carbonyl (C=O) groups excluding carboxylic acids is 2. The summed E-state index contributed by atoms with van der Waals surface area (Å²) in [6.45, 7) is 7.32. The van der Waals surface area contributed by atoms with Gasteiger partial charge in [-0.15, -0.1) is 0 Å². The Morgan fingerprint density at radius 2 is 1.97 bits per heavy atom. The number of aromatic nitrogens is 3. The highest BCUT2D eigenvalue weighted by atomic mass is 16.3. The molecule has 0 radical (unpaired) electrons. The number of hydrogen-bond acceptors (Lipinski definition) is 6. The van der Waals surface area contributed by atoms with Gasteiger partial charge in [-0.2, -0.15) is 5.10 Å². The fourth-order valence-corrected chi connectivity index (χ4v) is 4.21. The lowest BCUT2D eigenvalue weighted by Crippen LogP contribution is -2.41. The van der Waals surface area contributed by atoms with Gasteiger partial charge in [0.15, 0.2) is 5.65 Å². The summed E-state index contributed by atoms with van der Waals surface area (Å²) in [6, 6.07) is 10.5. The van der Waals surface area contributed by atoms with Crippen molar-refractivity contribution in [1.82, 2.24) is 19.5 Å². The first-order chi connectivity index (χ1) is 15.6. The van der Waals surface area contributed by atoms with Crippen molar-refractivity contribution in [2.24, 2.45) is 11.7 Å². The second-order valence-electron chi connectivity index (χ2n) is 9.26. The largest absolute Gasteiger partial charge is 0.386 e. The number of piperidine rings is 1. The lowest BCUT2D eigenvalue weighted by molar-refractivity contribution is -0.123. The average Bonchev–Trinajstić information content (AvgIpc) is 3.14. The molecule has 3 aromatic rings. The molecule has 0 spiro atoms. The van der Waals surface area contributed by atoms with Crippen molar-refractivity contribution < 1.29 is 14.7 Å². The van der Waals surface area contributed by atoms with Gasteiger partial charge in [-0.1, -0.05) is 12.1 Å². The van der Waals surface area contributed by atoms with Crippen molar-refractivity contribution in [2.75, 3.05) is 18.4 Å². The molecule has 1 aliphatic rings. The maximum absolute atomic E-state index is 12.8. The molecule has 2 amide bonds. The molecule has 1 aliphatic heterocycles. The number of amides is 2. The van der Waals surface area contributed by atoms with E-state index in [0.717, 1.165) is 36.3 Å². The normalized spacial score (nSPS) is 17.3. The quantitative estimate of drug-likeness (QED) is 0.529. The molecule has 4 N–H and O–H groups in total. The van der Waals surface area contributed by atoms with Crippen molar-refractivity contribution in [1.29, 1.82) is 0 Å². The monoisotopic (exact) mass is 450 g/mol. The van der Waals surface area contributed by atoms with E-state index in [4.69, 9.17) is 5.73 Å². The van der Waals surface area contributed by atoms with Crippen LogP contribution in [0.3, 0.4) is 0 Å². The number of nitrogens with two attached hydrogens (primary N) is 1. The number of fused-ring (bicyclic) bond motifs is 1. The zero-order valence-corrected chi connectivity index (χ0v) is 19.2. The summed E-state index contributed by atoms with van der Waals surface area (Å²) in [5.41, 5.74) is 8.08. The Kier molecular flexibility index (Phi) is 6.18. The molecular formula is C24H30N6O3. The molecule has 1 aromatic carbocycles. The van der Waals surface area contributed by atoms with E-state index in [-0.39, 0.29) is 17.7 Å². The third-order valence-electron chi connectivity index (χ3n) is 6.01. The number of benzene rings is 1. The molecule has 4 rings (SSSR count). The Morgan fingerprint density at radius 3 is 2.64 bits per heavy atom. The molecule has 2 aromatic heterocycles. The molecule has 0 aliphatic carbocycles. The highest BCUT2D eigenvalue weighted by Gasteiger charge is 2.25. The molecule has 0 bridgehead atoms. The van der Waals surface area contributed by atoms with Gasteiger partial charge in [0.05, 0.1) is 22.9 Å². The summed E-state index contributed by atoms with van der Waals surface area (Å²) in [7, 11) is 0. The van der Waals surface area contributed by atoms with Gasteiger partial charge in [0.25, 0.3) is 5.91 Å². The molecule has 1 fully saturated rings. The Balaban J connectivity index is 1.57. The predicted molar refractivity (Wildman–Crippen MR) is 125 cm³/mol. The lowest BCUT2D eigenvalue weighted by Gasteiger charge is -2.31. The molecule has 33 heavy (non-hydrogen) atoms. The number of rotatable bonds is 6. The smallest absolute Gasteiger partial charge is 0.256 e. The zero-order valence-electron chi connectivity index (χ0n) is 19.2. The van der Waals surface area contributed by atoms with Crippen LogP contribution in [0.15, 0.2) is 36.4 Å². The zero-order chi connectivity index (χ0) is 23.8. The minimum absolute atomic E-state index is 0.151. The number of likely N-dealkylation sites (tertiary alicyclic amines) is 1. The molecule has 1 atom stereocenters. The summed E-state index contributed by atoms with van der Waals surface area (Å²) in [5, 5.41) is 17.5. The van der Waals surface area contributed by atoms with Gasteiger partial charge < -0.3 is 16.2 Å². The summed E-state index contributed by atoms with van der Waals surface area (Å²) >= 11 is 0. The average molecular weight is 451 g/mol. The van der Waals surface area contributed by atoms with Crippen LogP contribution in [0, 0.1) is 12.8 Å². The molecule has 3 heterocycles. The van der Waals surface area contributed by atoms with Crippen LogP contribution in [0.2, 0.25) is 0 Å². The van der Waals surface area contributed by atoms with Crippen molar-refractivity contribution in [2.45, 2.75) is 45.8 Å². The van der Waals surface area contributed by atoms with Gasteiger partial charge in [0.1, 0.15) is 5.82 Å². The minimum Gasteiger partial charge on any atom is -0.386 e. The van der Waals surface area contributed by atoms with E-state index in [1.807, 2.05) is 19.1 Å². The number of hydrogen-bond donors (Lipinski definition) is 3. The fourth-order valence-electron chi connectivity index (χ4n) is 4.21. The van der Waals surface area contributed by atoms with Gasteiger partial charge >= 0.3 is 0 Å². The fraction of sp³-hybridized carbons (Fsp3) is 0.417. The Bertz CT molecular complexity index is 1180. The van der Waals surface area contributed by atoms with Gasteiger partial charge in [0.2, 0.25) is 5.91 Å². The van der Waals surface area contributed by atoms with Crippen LogP contribution in [0.25, 0.3) is 5.65 Å². The van der Waals surface area contributed by atoms with Crippen LogP contribution < -0.4 is 11.1 Å². The minimum atomic E-state index is -0.974. The predicted octanol–water partition coefficient (Wildman–Crippen LogP) is 2.21. The molecule has 9 nitrogen and oxygen atoms in total. The molecule has 1 unspecified atom stereocenters. The Hall–Kier alpha value is -3.30. The highest BCUT2D eigenvalue weighted by molar-refractivity contribution is 6.03. The van der Waals surface area contributed by atoms with Crippen LogP contribution in [-0.2, 0) is 16.9 Å². The van der Waals surface area contributed by atoms with Crippen molar-refractivity contribution in [3.05, 3.63) is 58.9 Å². The van der Waals surface area contributed by atoms with Gasteiger partial charge in [-0.25, -0.2) is 9.50 Å².